The fourth-order valence-electron chi connectivity index (χ4n) is 5.14. The number of aromatic nitrogens is 4. The SMILES string of the molecule is O=C(Cn1c(=O)n(-c2ccc(-c3cccn4cncc34)cc2)c2ccccc21)N1CCC[C@H]1CF. The number of rotatable bonds is 5. The number of para-hydroxylation sites is 2. The topological polar surface area (TPSA) is 64.5 Å². The lowest BCUT2D eigenvalue weighted by molar-refractivity contribution is -0.132. The van der Waals surface area contributed by atoms with E-state index >= 15 is 0 Å². The van der Waals surface area contributed by atoms with Gasteiger partial charge < -0.3 is 9.30 Å². The number of hydrogen-bond donors (Lipinski definition) is 0. The van der Waals surface area contributed by atoms with Gasteiger partial charge in [-0.1, -0.05) is 30.3 Å². The molecule has 1 aliphatic heterocycles. The summed E-state index contributed by atoms with van der Waals surface area (Å²) in [7, 11) is 0. The molecule has 4 heterocycles. The average Bonchev–Trinajstić information content (AvgIpc) is 3.62. The largest absolute Gasteiger partial charge is 0.336 e. The molecule has 1 atom stereocenters. The van der Waals surface area contributed by atoms with Crippen LogP contribution >= 0.6 is 0 Å². The monoisotopic (exact) mass is 469 g/mol. The Morgan fingerprint density at radius 3 is 2.60 bits per heavy atom. The number of carbonyl (C=O) groups is 1. The highest BCUT2D eigenvalue weighted by Crippen LogP contribution is 2.26. The van der Waals surface area contributed by atoms with Gasteiger partial charge >= 0.3 is 5.69 Å². The number of imidazole rings is 2. The summed E-state index contributed by atoms with van der Waals surface area (Å²) in [5.74, 6) is -0.223. The van der Waals surface area contributed by atoms with Crippen molar-refractivity contribution in [3.63, 3.8) is 0 Å². The summed E-state index contributed by atoms with van der Waals surface area (Å²) in [4.78, 5) is 32.4. The first kappa shape index (κ1) is 21.3. The van der Waals surface area contributed by atoms with Crippen LogP contribution in [0.4, 0.5) is 4.39 Å². The standard InChI is InChI=1S/C27H24FN5O2/c28-15-21-5-3-14-31(21)26(34)17-32-23-7-1-2-8-24(23)33(27(32)35)20-11-9-19(10-12-20)22-6-4-13-30-18-29-16-25(22)30/h1-2,4,6-13,16,18,21H,3,5,14-15,17H2/t21-/m0/s1. The van der Waals surface area contributed by atoms with Crippen molar-refractivity contribution >= 4 is 22.5 Å². The quantitative estimate of drug-likeness (QED) is 0.390. The van der Waals surface area contributed by atoms with Gasteiger partial charge in [0.2, 0.25) is 5.91 Å². The molecule has 35 heavy (non-hydrogen) atoms. The van der Waals surface area contributed by atoms with Crippen LogP contribution in [-0.2, 0) is 11.3 Å². The minimum absolute atomic E-state index is 0.107. The second-order valence-electron chi connectivity index (χ2n) is 8.89. The zero-order chi connectivity index (χ0) is 23.9. The Morgan fingerprint density at radius 1 is 1.00 bits per heavy atom. The molecule has 3 aromatic heterocycles. The van der Waals surface area contributed by atoms with Crippen molar-refractivity contribution in [3.8, 4) is 16.8 Å². The van der Waals surface area contributed by atoms with Crippen molar-refractivity contribution in [1.29, 1.82) is 0 Å². The van der Waals surface area contributed by atoms with Crippen LogP contribution in [0.25, 0.3) is 33.4 Å². The maximum Gasteiger partial charge on any atom is 0.334 e. The van der Waals surface area contributed by atoms with E-state index in [0.29, 0.717) is 24.2 Å². The van der Waals surface area contributed by atoms with E-state index in [0.717, 1.165) is 28.6 Å². The number of fused-ring (bicyclic) bond motifs is 2. The molecule has 8 heteroatoms. The zero-order valence-electron chi connectivity index (χ0n) is 19.0. The van der Waals surface area contributed by atoms with Crippen molar-refractivity contribution in [2.45, 2.75) is 25.4 Å². The van der Waals surface area contributed by atoms with Gasteiger partial charge in [-0.3, -0.25) is 13.9 Å². The summed E-state index contributed by atoms with van der Waals surface area (Å²) < 4.78 is 18.4. The fraction of sp³-hybridized carbons (Fsp3) is 0.222. The van der Waals surface area contributed by atoms with Crippen LogP contribution in [0.2, 0.25) is 0 Å². The molecule has 6 rings (SSSR count). The molecule has 1 fully saturated rings. The highest BCUT2D eigenvalue weighted by Gasteiger charge is 2.29. The molecule has 1 aliphatic rings. The van der Waals surface area contributed by atoms with Crippen molar-refractivity contribution in [2.75, 3.05) is 13.2 Å². The van der Waals surface area contributed by atoms with Gasteiger partial charge in [0.1, 0.15) is 13.2 Å². The summed E-state index contributed by atoms with van der Waals surface area (Å²) >= 11 is 0. The number of benzene rings is 2. The van der Waals surface area contributed by atoms with Gasteiger partial charge in [0.15, 0.2) is 0 Å². The van der Waals surface area contributed by atoms with Crippen molar-refractivity contribution in [3.05, 3.63) is 89.9 Å². The summed E-state index contributed by atoms with van der Waals surface area (Å²) in [6.45, 7) is -0.127. The summed E-state index contributed by atoms with van der Waals surface area (Å²) in [5, 5.41) is 0. The molecule has 0 unspecified atom stereocenters. The first-order valence-corrected chi connectivity index (χ1v) is 11.7. The van der Waals surface area contributed by atoms with Crippen molar-refractivity contribution in [2.24, 2.45) is 0 Å². The van der Waals surface area contributed by atoms with Gasteiger partial charge in [0, 0.05) is 18.3 Å². The van der Waals surface area contributed by atoms with Gasteiger partial charge in [-0.05, 0) is 48.7 Å². The molecule has 2 aromatic carbocycles. The number of hydrogen-bond acceptors (Lipinski definition) is 3. The Morgan fingerprint density at radius 2 is 1.80 bits per heavy atom. The molecule has 7 nitrogen and oxygen atoms in total. The maximum atomic E-state index is 13.6. The number of alkyl halides is 1. The van der Waals surface area contributed by atoms with Gasteiger partial charge in [0.05, 0.1) is 40.8 Å². The highest BCUT2D eigenvalue weighted by molar-refractivity contribution is 5.83. The minimum Gasteiger partial charge on any atom is -0.336 e. The first-order chi connectivity index (χ1) is 17.2. The summed E-state index contributed by atoms with van der Waals surface area (Å²) in [6, 6.07) is 18.9. The van der Waals surface area contributed by atoms with E-state index in [-0.39, 0.29) is 24.2 Å². The zero-order valence-corrected chi connectivity index (χ0v) is 19.0. The van der Waals surface area contributed by atoms with Gasteiger partial charge in [0.25, 0.3) is 0 Å². The predicted octanol–water partition coefficient (Wildman–Crippen LogP) is 4.07. The number of likely N-dealkylation sites (tertiary alicyclic amines) is 1. The van der Waals surface area contributed by atoms with Crippen LogP contribution in [-0.4, -0.2) is 48.6 Å². The van der Waals surface area contributed by atoms with Crippen LogP contribution in [0, 0.1) is 0 Å². The van der Waals surface area contributed by atoms with Crippen LogP contribution in [0.15, 0.2) is 84.2 Å². The number of carbonyl (C=O) groups excluding carboxylic acids is 1. The molecule has 0 spiro atoms. The van der Waals surface area contributed by atoms with Gasteiger partial charge in [-0.2, -0.15) is 0 Å². The minimum atomic E-state index is -0.554. The van der Waals surface area contributed by atoms with E-state index in [1.807, 2.05) is 77.5 Å². The maximum absolute atomic E-state index is 13.6. The third-order valence-corrected chi connectivity index (χ3v) is 6.89. The van der Waals surface area contributed by atoms with E-state index < -0.39 is 6.67 Å². The second kappa shape index (κ2) is 8.54. The Kier molecular flexibility index (Phi) is 5.21. The van der Waals surface area contributed by atoms with Gasteiger partial charge in [-0.25, -0.2) is 14.2 Å². The number of nitrogens with zero attached hydrogens (tertiary/aromatic N) is 5. The molecular weight excluding hydrogens is 445 g/mol. The molecule has 1 amide bonds. The number of halogens is 1. The molecule has 0 N–H and O–H groups in total. The van der Waals surface area contributed by atoms with Gasteiger partial charge in [-0.15, -0.1) is 0 Å². The fourth-order valence-corrected chi connectivity index (χ4v) is 5.14. The van der Waals surface area contributed by atoms with E-state index in [4.69, 9.17) is 0 Å². The Balaban J connectivity index is 1.39. The Labute approximate surface area is 200 Å². The lowest BCUT2D eigenvalue weighted by atomic mass is 10.1. The Bertz CT molecular complexity index is 1600. The highest BCUT2D eigenvalue weighted by atomic mass is 19.1. The molecule has 5 aromatic rings. The molecule has 0 saturated carbocycles. The average molecular weight is 470 g/mol. The third-order valence-electron chi connectivity index (χ3n) is 6.89. The molecule has 0 aliphatic carbocycles. The molecule has 0 bridgehead atoms. The molecule has 1 saturated heterocycles. The van der Waals surface area contributed by atoms with E-state index in [1.54, 1.807) is 15.8 Å². The summed E-state index contributed by atoms with van der Waals surface area (Å²) in [6.07, 6.45) is 7.00. The molecule has 0 radical (unpaired) electrons. The molecular formula is C27H24FN5O2. The third kappa shape index (κ3) is 3.53. The molecule has 176 valence electrons. The normalized spacial score (nSPS) is 15.9. The van der Waals surface area contributed by atoms with Crippen LogP contribution in [0.5, 0.6) is 0 Å². The van der Waals surface area contributed by atoms with E-state index in [2.05, 4.69) is 4.98 Å². The van der Waals surface area contributed by atoms with Crippen molar-refractivity contribution < 1.29 is 9.18 Å². The van der Waals surface area contributed by atoms with E-state index in [9.17, 15) is 14.0 Å². The predicted molar refractivity (Wildman–Crippen MR) is 132 cm³/mol. The lowest BCUT2D eigenvalue weighted by Crippen LogP contribution is -2.40. The van der Waals surface area contributed by atoms with Crippen molar-refractivity contribution in [1.82, 2.24) is 23.4 Å². The van der Waals surface area contributed by atoms with E-state index in [1.165, 1.54) is 4.57 Å². The van der Waals surface area contributed by atoms with Crippen LogP contribution < -0.4 is 5.69 Å². The smallest absolute Gasteiger partial charge is 0.334 e. The van der Waals surface area contributed by atoms with Crippen LogP contribution in [0.1, 0.15) is 12.8 Å². The van der Waals surface area contributed by atoms with Crippen LogP contribution in [0.3, 0.4) is 0 Å². The second-order valence-corrected chi connectivity index (χ2v) is 8.89. The first-order valence-electron chi connectivity index (χ1n) is 11.7. The number of amides is 1. The summed E-state index contributed by atoms with van der Waals surface area (Å²) in [5.41, 5.74) is 4.88. The lowest BCUT2D eigenvalue weighted by Gasteiger charge is -2.22. The Hall–Kier alpha value is -4.20. The number of pyridine rings is 1.